The summed E-state index contributed by atoms with van der Waals surface area (Å²) in [6.07, 6.45) is 2.37. The van der Waals surface area contributed by atoms with Crippen molar-refractivity contribution in [3.63, 3.8) is 0 Å². The van der Waals surface area contributed by atoms with Gasteiger partial charge in [0.25, 0.3) is 0 Å². The lowest BCUT2D eigenvalue weighted by Gasteiger charge is -2.22. The molecular formula is C23H24O8. The molecule has 0 saturated heterocycles. The Kier molecular flexibility index (Phi) is 5.60. The highest BCUT2D eigenvalue weighted by Crippen LogP contribution is 2.51. The van der Waals surface area contributed by atoms with Crippen LogP contribution in [0, 0.1) is 5.41 Å². The van der Waals surface area contributed by atoms with Gasteiger partial charge in [0.05, 0.1) is 14.2 Å². The normalized spacial score (nSPS) is 16.1. The Balaban J connectivity index is 1.80. The molecular weight excluding hydrogens is 404 g/mol. The van der Waals surface area contributed by atoms with E-state index in [0.717, 1.165) is 11.1 Å². The van der Waals surface area contributed by atoms with Crippen molar-refractivity contribution in [1.82, 2.24) is 0 Å². The van der Waals surface area contributed by atoms with Crippen LogP contribution >= 0.6 is 0 Å². The molecule has 164 valence electrons. The number of hydrogen-bond donors (Lipinski definition) is 2. The quantitative estimate of drug-likeness (QED) is 0.487. The third kappa shape index (κ3) is 3.84. The molecule has 0 aromatic heterocycles. The standard InChI is InChI=1S/C23H24O8/c1-28-20-18(31-22(26)27)9-7-16(13-4-3-5-15-14(13)6-8-17(15)24)19(20)30-12-23(10-11-23)21(25)29-2/h3-5,7,9,22,26-27H,6,8,10-12H2,1-2H3. The Hall–Kier alpha value is -3.10. The highest BCUT2D eigenvalue weighted by atomic mass is 16.7. The zero-order chi connectivity index (χ0) is 22.2. The van der Waals surface area contributed by atoms with E-state index in [1.54, 1.807) is 12.1 Å². The number of Topliss-reactive ketones (excluding diaryl/α,β-unsaturated/α-hetero) is 1. The van der Waals surface area contributed by atoms with E-state index < -0.39 is 11.9 Å². The van der Waals surface area contributed by atoms with E-state index >= 15 is 0 Å². The Labute approximate surface area is 179 Å². The molecule has 8 nitrogen and oxygen atoms in total. The average molecular weight is 428 g/mol. The highest BCUT2D eigenvalue weighted by molar-refractivity contribution is 6.02. The number of esters is 1. The summed E-state index contributed by atoms with van der Waals surface area (Å²) >= 11 is 0. The van der Waals surface area contributed by atoms with Crippen LogP contribution in [-0.2, 0) is 16.0 Å². The van der Waals surface area contributed by atoms with E-state index in [-0.39, 0.29) is 29.9 Å². The number of fused-ring (bicyclic) bond motifs is 1. The molecule has 0 aliphatic heterocycles. The van der Waals surface area contributed by atoms with Gasteiger partial charge in [-0.3, -0.25) is 9.59 Å². The molecule has 0 radical (unpaired) electrons. The topological polar surface area (TPSA) is 112 Å². The molecule has 2 aromatic rings. The summed E-state index contributed by atoms with van der Waals surface area (Å²) in [6, 6.07) is 8.78. The van der Waals surface area contributed by atoms with Gasteiger partial charge in [-0.05, 0) is 42.5 Å². The Morgan fingerprint density at radius 2 is 1.77 bits per heavy atom. The van der Waals surface area contributed by atoms with Crippen LogP contribution in [-0.4, -0.2) is 49.3 Å². The van der Waals surface area contributed by atoms with Crippen LogP contribution in [0.4, 0.5) is 0 Å². The molecule has 2 aliphatic rings. The number of methoxy groups -OCH3 is 2. The van der Waals surface area contributed by atoms with Gasteiger partial charge in [0, 0.05) is 17.5 Å². The number of aliphatic hydroxyl groups excluding tert-OH is 1. The molecule has 2 aliphatic carbocycles. The molecule has 1 fully saturated rings. The first kappa shape index (κ1) is 21.1. The van der Waals surface area contributed by atoms with Crippen molar-refractivity contribution in [2.75, 3.05) is 20.8 Å². The molecule has 1 saturated carbocycles. The van der Waals surface area contributed by atoms with Gasteiger partial charge in [0.2, 0.25) is 5.75 Å². The van der Waals surface area contributed by atoms with E-state index in [9.17, 15) is 19.8 Å². The Bertz CT molecular complexity index is 1020. The van der Waals surface area contributed by atoms with Crippen LogP contribution in [0.5, 0.6) is 17.2 Å². The first-order chi connectivity index (χ1) is 14.9. The van der Waals surface area contributed by atoms with Crippen LogP contribution in [0.25, 0.3) is 11.1 Å². The molecule has 4 rings (SSSR count). The summed E-state index contributed by atoms with van der Waals surface area (Å²) < 4.78 is 21.6. The summed E-state index contributed by atoms with van der Waals surface area (Å²) in [5.74, 6) is 0.286. The zero-order valence-electron chi connectivity index (χ0n) is 17.3. The van der Waals surface area contributed by atoms with E-state index in [1.165, 1.54) is 14.2 Å². The monoisotopic (exact) mass is 428 g/mol. The van der Waals surface area contributed by atoms with Gasteiger partial charge >= 0.3 is 12.4 Å². The van der Waals surface area contributed by atoms with E-state index in [0.29, 0.717) is 42.6 Å². The number of benzene rings is 2. The number of ether oxygens (including phenoxy) is 4. The van der Waals surface area contributed by atoms with Crippen molar-refractivity contribution in [2.45, 2.75) is 32.2 Å². The number of carbonyl (C=O) groups excluding carboxylic acids is 2. The lowest BCUT2D eigenvalue weighted by atomic mass is 9.95. The third-order valence-corrected chi connectivity index (χ3v) is 5.85. The average Bonchev–Trinajstić information content (AvgIpc) is 3.47. The second kappa shape index (κ2) is 8.20. The fourth-order valence-electron chi connectivity index (χ4n) is 4.03. The van der Waals surface area contributed by atoms with Gasteiger partial charge in [-0.2, -0.15) is 0 Å². The molecule has 0 amide bonds. The maximum Gasteiger partial charge on any atom is 0.315 e. The van der Waals surface area contributed by atoms with Gasteiger partial charge in [-0.1, -0.05) is 18.2 Å². The molecule has 0 bridgehead atoms. The number of carbonyl (C=O) groups is 2. The number of ketones is 1. The van der Waals surface area contributed by atoms with Gasteiger partial charge in [0.1, 0.15) is 12.0 Å². The van der Waals surface area contributed by atoms with Gasteiger partial charge in [0.15, 0.2) is 17.3 Å². The number of aliphatic hydroxyl groups is 2. The fourth-order valence-corrected chi connectivity index (χ4v) is 4.03. The van der Waals surface area contributed by atoms with Crippen molar-refractivity contribution in [3.05, 3.63) is 41.5 Å². The van der Waals surface area contributed by atoms with Gasteiger partial charge in [-0.15, -0.1) is 0 Å². The minimum Gasteiger partial charge on any atom is -0.490 e. The predicted molar refractivity (Wildman–Crippen MR) is 109 cm³/mol. The second-order valence-electron chi connectivity index (χ2n) is 7.73. The molecule has 31 heavy (non-hydrogen) atoms. The van der Waals surface area contributed by atoms with E-state index in [1.807, 2.05) is 18.2 Å². The maximum atomic E-state index is 12.2. The summed E-state index contributed by atoms with van der Waals surface area (Å²) in [5, 5.41) is 18.5. The molecule has 2 N–H and O–H groups in total. The highest BCUT2D eigenvalue weighted by Gasteiger charge is 2.52. The molecule has 0 atom stereocenters. The third-order valence-electron chi connectivity index (χ3n) is 5.85. The lowest BCUT2D eigenvalue weighted by Crippen LogP contribution is -2.25. The molecule has 8 heteroatoms. The van der Waals surface area contributed by atoms with E-state index in [2.05, 4.69) is 0 Å². The van der Waals surface area contributed by atoms with E-state index in [4.69, 9.17) is 18.9 Å². The Morgan fingerprint density at radius 1 is 1.03 bits per heavy atom. The second-order valence-corrected chi connectivity index (χ2v) is 7.73. The van der Waals surface area contributed by atoms with Crippen molar-refractivity contribution in [2.24, 2.45) is 5.41 Å². The summed E-state index contributed by atoms with van der Waals surface area (Å²) in [5.41, 5.74) is 2.37. The summed E-state index contributed by atoms with van der Waals surface area (Å²) in [6.45, 7) is -1.97. The maximum absolute atomic E-state index is 12.2. The number of rotatable bonds is 8. The molecule has 0 unspecified atom stereocenters. The van der Waals surface area contributed by atoms with Gasteiger partial charge in [-0.25, -0.2) is 0 Å². The smallest absolute Gasteiger partial charge is 0.315 e. The predicted octanol–water partition coefficient (Wildman–Crippen LogP) is 2.47. The number of hydrogen-bond acceptors (Lipinski definition) is 8. The zero-order valence-corrected chi connectivity index (χ0v) is 17.3. The van der Waals surface area contributed by atoms with Crippen LogP contribution in [0.3, 0.4) is 0 Å². The summed E-state index contributed by atoms with van der Waals surface area (Å²) in [4.78, 5) is 24.4. The molecule has 0 heterocycles. The molecule has 2 aromatic carbocycles. The van der Waals surface area contributed by atoms with Crippen LogP contribution in [0.15, 0.2) is 30.3 Å². The first-order valence-electron chi connectivity index (χ1n) is 10.0. The molecule has 0 spiro atoms. The van der Waals surface area contributed by atoms with Crippen molar-refractivity contribution in [1.29, 1.82) is 0 Å². The largest absolute Gasteiger partial charge is 0.490 e. The van der Waals surface area contributed by atoms with Crippen molar-refractivity contribution < 1.29 is 38.7 Å². The SMILES string of the molecule is COC(=O)C1(COc2c(-c3cccc4c3CCC4=O)ccc(OC(O)O)c2OC)CC1. The van der Waals surface area contributed by atoms with Crippen molar-refractivity contribution >= 4 is 11.8 Å². The minimum absolute atomic E-state index is 0.0715. The van der Waals surface area contributed by atoms with Crippen LogP contribution in [0.1, 0.15) is 35.2 Å². The van der Waals surface area contributed by atoms with Crippen LogP contribution in [0.2, 0.25) is 0 Å². The lowest BCUT2D eigenvalue weighted by molar-refractivity contribution is -0.180. The summed E-state index contributed by atoms with van der Waals surface area (Å²) in [7, 11) is 2.75. The Morgan fingerprint density at radius 3 is 2.42 bits per heavy atom. The minimum atomic E-state index is -2.05. The fraction of sp³-hybridized carbons (Fsp3) is 0.391. The van der Waals surface area contributed by atoms with Gasteiger partial charge < -0.3 is 29.2 Å². The van der Waals surface area contributed by atoms with Crippen LogP contribution < -0.4 is 14.2 Å². The first-order valence-corrected chi connectivity index (χ1v) is 10.0. The van der Waals surface area contributed by atoms with Crippen molar-refractivity contribution in [3.8, 4) is 28.4 Å².